The zero-order chi connectivity index (χ0) is 26.4. The average Bonchev–Trinajstić information content (AvgIpc) is 2.97. The van der Waals surface area contributed by atoms with E-state index in [1.807, 2.05) is 78.9 Å². The molecule has 0 radical (unpaired) electrons. The minimum atomic E-state index is -0.440. The summed E-state index contributed by atoms with van der Waals surface area (Å²) in [5.41, 5.74) is 4.35. The summed E-state index contributed by atoms with van der Waals surface area (Å²) in [5, 5.41) is 0. The van der Waals surface area contributed by atoms with Crippen molar-refractivity contribution in [3.63, 3.8) is 0 Å². The Balaban J connectivity index is 1.47. The van der Waals surface area contributed by atoms with Crippen LogP contribution >= 0.6 is 0 Å². The summed E-state index contributed by atoms with van der Waals surface area (Å²) in [4.78, 5) is 11.2. The molecule has 0 bridgehead atoms. The van der Waals surface area contributed by atoms with Gasteiger partial charge in [0, 0.05) is 27.8 Å². The van der Waals surface area contributed by atoms with Crippen LogP contribution in [0.25, 0.3) is 0 Å². The van der Waals surface area contributed by atoms with Crippen molar-refractivity contribution in [1.29, 1.82) is 0 Å². The van der Waals surface area contributed by atoms with Crippen molar-refractivity contribution in [1.82, 2.24) is 0 Å². The third kappa shape index (κ3) is 8.39. The van der Waals surface area contributed by atoms with Gasteiger partial charge in [-0.15, -0.1) is 0 Å². The smallest absolute Gasteiger partial charge is 0.343 e. The van der Waals surface area contributed by atoms with E-state index in [0.29, 0.717) is 11.5 Å². The van der Waals surface area contributed by atoms with E-state index in [1.165, 1.54) is 7.11 Å². The topological polar surface area (TPSA) is 44.8 Å². The zero-order valence-electron chi connectivity index (χ0n) is 20.9. The lowest BCUT2D eigenvalue weighted by atomic mass is 10.1. The first-order chi connectivity index (χ1) is 18.7. The molecular weight excluding hydrogens is 472 g/mol. The van der Waals surface area contributed by atoms with E-state index in [-0.39, 0.29) is 13.2 Å². The summed E-state index contributed by atoms with van der Waals surface area (Å²) in [6.45, 7) is 0.0575. The van der Waals surface area contributed by atoms with E-state index >= 15 is 0 Å². The van der Waals surface area contributed by atoms with Gasteiger partial charge in [-0.3, -0.25) is 0 Å². The van der Waals surface area contributed by atoms with E-state index in [4.69, 9.17) is 9.47 Å². The van der Waals surface area contributed by atoms with Gasteiger partial charge in [0.15, 0.2) is 6.61 Å². The van der Waals surface area contributed by atoms with Crippen LogP contribution < -0.4 is 9.47 Å². The Morgan fingerprint density at radius 1 is 0.579 bits per heavy atom. The predicted octanol–water partition coefficient (Wildman–Crippen LogP) is 5.47. The van der Waals surface area contributed by atoms with Gasteiger partial charge in [0.25, 0.3) is 0 Å². The summed E-state index contributed by atoms with van der Waals surface area (Å²) in [7, 11) is 1.32. The Kier molecular flexibility index (Phi) is 9.24. The molecule has 0 aromatic heterocycles. The Morgan fingerprint density at radius 2 is 1.03 bits per heavy atom. The molecule has 0 aliphatic heterocycles. The van der Waals surface area contributed by atoms with E-state index < -0.39 is 5.97 Å². The number of carbonyl (C=O) groups is 1. The SMILES string of the molecule is COC(=O)COc1ccc(OCC#Cc2cc(C#Cc3ccccc3)cc(C#Cc3ccccc3)c2)cc1. The van der Waals surface area contributed by atoms with Crippen LogP contribution in [0.4, 0.5) is 0 Å². The monoisotopic (exact) mass is 496 g/mol. The highest BCUT2D eigenvalue weighted by molar-refractivity contribution is 5.70. The standard InChI is InChI=1S/C34H24O4/c1-36-34(35)26-38-33-20-18-32(19-21-33)37-22-8-13-29-23-30(16-14-27-9-4-2-5-10-27)25-31(24-29)17-15-28-11-6-3-7-12-28/h2-7,9-12,18-21,23-25H,22,26H2,1H3. The Labute approximate surface area is 223 Å². The number of rotatable bonds is 5. The highest BCUT2D eigenvalue weighted by atomic mass is 16.6. The molecule has 38 heavy (non-hydrogen) atoms. The molecule has 0 N–H and O–H groups in total. The lowest BCUT2D eigenvalue weighted by Crippen LogP contribution is -2.12. The second kappa shape index (κ2) is 13.6. The molecule has 0 saturated carbocycles. The summed E-state index contributed by atoms with van der Waals surface area (Å²) >= 11 is 0. The maximum Gasteiger partial charge on any atom is 0.343 e. The number of benzene rings is 4. The van der Waals surface area contributed by atoms with Crippen molar-refractivity contribution in [3.05, 3.63) is 131 Å². The molecule has 0 amide bonds. The van der Waals surface area contributed by atoms with E-state index in [0.717, 1.165) is 27.8 Å². The van der Waals surface area contributed by atoms with Crippen molar-refractivity contribution in [2.75, 3.05) is 20.3 Å². The van der Waals surface area contributed by atoms with Gasteiger partial charge in [0.1, 0.15) is 18.1 Å². The largest absolute Gasteiger partial charge is 0.482 e. The van der Waals surface area contributed by atoms with Gasteiger partial charge in [0.2, 0.25) is 0 Å². The highest BCUT2D eigenvalue weighted by Gasteiger charge is 2.02. The molecule has 0 aliphatic rings. The van der Waals surface area contributed by atoms with Crippen LogP contribution in [0.2, 0.25) is 0 Å². The summed E-state index contributed by atoms with van der Waals surface area (Å²) < 4.78 is 15.6. The van der Waals surface area contributed by atoms with Gasteiger partial charge in [-0.05, 0) is 66.7 Å². The van der Waals surface area contributed by atoms with Gasteiger partial charge in [-0.1, -0.05) is 71.9 Å². The molecule has 4 heteroatoms. The zero-order valence-corrected chi connectivity index (χ0v) is 20.9. The van der Waals surface area contributed by atoms with Crippen LogP contribution in [0.15, 0.2) is 103 Å². The first kappa shape index (κ1) is 25.7. The molecule has 0 fully saturated rings. The molecule has 0 heterocycles. The van der Waals surface area contributed by atoms with E-state index in [9.17, 15) is 4.79 Å². The normalized spacial score (nSPS) is 9.39. The lowest BCUT2D eigenvalue weighted by Gasteiger charge is -2.06. The number of carbonyl (C=O) groups excluding carboxylic acids is 1. The Morgan fingerprint density at radius 3 is 1.53 bits per heavy atom. The van der Waals surface area contributed by atoms with Crippen LogP contribution in [-0.4, -0.2) is 26.3 Å². The molecule has 0 unspecified atom stereocenters. The van der Waals surface area contributed by atoms with Crippen molar-refractivity contribution in [3.8, 4) is 47.0 Å². The molecule has 4 aromatic carbocycles. The van der Waals surface area contributed by atoms with Gasteiger partial charge in [-0.2, -0.15) is 0 Å². The molecular formula is C34H24O4. The molecule has 0 aliphatic carbocycles. The van der Waals surface area contributed by atoms with Crippen molar-refractivity contribution in [2.24, 2.45) is 0 Å². The third-order valence-corrected chi connectivity index (χ3v) is 5.13. The number of ether oxygens (including phenoxy) is 3. The van der Waals surface area contributed by atoms with Gasteiger partial charge >= 0.3 is 5.97 Å². The second-order valence-corrected chi connectivity index (χ2v) is 7.96. The number of hydrogen-bond donors (Lipinski definition) is 0. The Hall–Kier alpha value is -5.37. The maximum absolute atomic E-state index is 11.2. The fraction of sp³-hybridized carbons (Fsp3) is 0.0882. The van der Waals surface area contributed by atoms with E-state index in [1.54, 1.807) is 24.3 Å². The molecule has 4 rings (SSSR count). The summed E-state index contributed by atoms with van der Waals surface area (Å²) in [5.74, 6) is 19.8. The fourth-order valence-electron chi connectivity index (χ4n) is 3.27. The van der Waals surface area contributed by atoms with Crippen molar-refractivity contribution < 1.29 is 19.0 Å². The maximum atomic E-state index is 11.2. The molecule has 0 saturated heterocycles. The fourth-order valence-corrected chi connectivity index (χ4v) is 3.27. The number of methoxy groups -OCH3 is 1. The molecule has 4 aromatic rings. The highest BCUT2D eigenvalue weighted by Crippen LogP contribution is 2.17. The molecule has 184 valence electrons. The Bertz CT molecular complexity index is 1480. The summed E-state index contributed by atoms with van der Waals surface area (Å²) in [6, 6.07) is 32.5. The van der Waals surface area contributed by atoms with E-state index in [2.05, 4.69) is 40.3 Å². The number of esters is 1. The predicted molar refractivity (Wildman–Crippen MR) is 148 cm³/mol. The van der Waals surface area contributed by atoms with Gasteiger partial charge in [-0.25, -0.2) is 4.79 Å². The van der Waals surface area contributed by atoms with Crippen molar-refractivity contribution >= 4 is 5.97 Å². The first-order valence-corrected chi connectivity index (χ1v) is 11.9. The second-order valence-electron chi connectivity index (χ2n) is 7.96. The van der Waals surface area contributed by atoms with Crippen LogP contribution in [0, 0.1) is 35.5 Å². The lowest BCUT2D eigenvalue weighted by molar-refractivity contribution is -0.142. The summed E-state index contributed by atoms with van der Waals surface area (Å²) in [6.07, 6.45) is 0. The average molecular weight is 497 g/mol. The minimum absolute atomic E-state index is 0.144. The molecule has 4 nitrogen and oxygen atoms in total. The van der Waals surface area contributed by atoms with Crippen LogP contribution in [0.1, 0.15) is 27.8 Å². The van der Waals surface area contributed by atoms with Crippen molar-refractivity contribution in [2.45, 2.75) is 0 Å². The first-order valence-electron chi connectivity index (χ1n) is 11.9. The molecule has 0 spiro atoms. The number of hydrogen-bond acceptors (Lipinski definition) is 4. The van der Waals surface area contributed by atoms with Gasteiger partial charge in [0.05, 0.1) is 7.11 Å². The minimum Gasteiger partial charge on any atom is -0.482 e. The quantitative estimate of drug-likeness (QED) is 0.272. The third-order valence-electron chi connectivity index (χ3n) is 5.13. The van der Waals surface area contributed by atoms with Crippen LogP contribution in [0.3, 0.4) is 0 Å². The molecule has 0 atom stereocenters. The van der Waals surface area contributed by atoms with Gasteiger partial charge < -0.3 is 14.2 Å². The van der Waals surface area contributed by atoms with Crippen LogP contribution in [0.5, 0.6) is 11.5 Å². The van der Waals surface area contributed by atoms with Crippen LogP contribution in [-0.2, 0) is 9.53 Å².